The van der Waals surface area contributed by atoms with Crippen LogP contribution in [0.15, 0.2) is 77.7 Å². The Morgan fingerprint density at radius 1 is 1.00 bits per heavy atom. The second-order valence-electron chi connectivity index (χ2n) is 7.47. The Balaban J connectivity index is 1.78. The lowest BCUT2D eigenvalue weighted by molar-refractivity contribution is -0.274. The third-order valence-corrected chi connectivity index (χ3v) is 6.12. The number of carbonyl (C=O) groups is 1. The zero-order valence-electron chi connectivity index (χ0n) is 19.0. The molecule has 1 amide bonds. The van der Waals surface area contributed by atoms with Gasteiger partial charge in [-0.05, 0) is 36.8 Å². The maximum absolute atomic E-state index is 13.0. The van der Waals surface area contributed by atoms with Crippen molar-refractivity contribution in [3.05, 3.63) is 78.4 Å². The molecule has 3 aromatic carbocycles. The molecule has 36 heavy (non-hydrogen) atoms. The van der Waals surface area contributed by atoms with Gasteiger partial charge in [-0.15, -0.1) is 13.2 Å². The molecule has 0 heterocycles. The molecular weight excluding hydrogens is 501 g/mol. The molecule has 1 atom stereocenters. The van der Waals surface area contributed by atoms with Crippen LogP contribution in [-0.4, -0.2) is 38.5 Å². The lowest BCUT2D eigenvalue weighted by atomic mass is 10.1. The van der Waals surface area contributed by atoms with Crippen LogP contribution < -0.4 is 19.5 Å². The first-order valence-corrected chi connectivity index (χ1v) is 12.1. The van der Waals surface area contributed by atoms with E-state index in [-0.39, 0.29) is 35.0 Å². The van der Waals surface area contributed by atoms with E-state index in [1.807, 2.05) is 6.07 Å². The van der Waals surface area contributed by atoms with Gasteiger partial charge in [0.1, 0.15) is 22.5 Å². The van der Waals surface area contributed by atoms with E-state index in [0.717, 1.165) is 17.7 Å². The second-order valence-corrected chi connectivity index (χ2v) is 9.12. The summed E-state index contributed by atoms with van der Waals surface area (Å²) in [6.07, 6.45) is -6.20. The Bertz CT molecular complexity index is 1300. The number of carbonyl (C=O) groups excluding carboxylic acids is 1. The molecule has 0 aliphatic rings. The van der Waals surface area contributed by atoms with Gasteiger partial charge in [-0.2, -0.15) is 0 Å². The number of hydrogen-bond acceptors (Lipinski definition) is 6. The lowest BCUT2D eigenvalue weighted by Crippen LogP contribution is -2.29. The molecule has 0 unspecified atom stereocenters. The highest BCUT2D eigenvalue weighted by Crippen LogP contribution is 2.31. The molecule has 0 aliphatic heterocycles. The number of halogens is 3. The molecule has 0 aliphatic carbocycles. The Labute approximate surface area is 205 Å². The quantitative estimate of drug-likeness (QED) is 0.364. The largest absolute Gasteiger partial charge is 0.573 e. The number of ether oxygens (including phenoxy) is 2. The predicted molar refractivity (Wildman–Crippen MR) is 126 cm³/mol. The number of nitrogens with one attached hydrogen (secondary N) is 2. The van der Waals surface area contributed by atoms with Crippen LogP contribution in [0.5, 0.6) is 11.5 Å². The predicted octanol–water partition coefficient (Wildman–Crippen LogP) is 4.33. The van der Waals surface area contributed by atoms with Gasteiger partial charge in [0.05, 0.1) is 12.3 Å². The van der Waals surface area contributed by atoms with E-state index in [9.17, 15) is 31.5 Å². The molecule has 3 aromatic rings. The number of alkyl halides is 3. The van der Waals surface area contributed by atoms with Crippen LogP contribution in [0, 0.1) is 0 Å². The van der Waals surface area contributed by atoms with Crippen molar-refractivity contribution in [1.82, 2.24) is 0 Å². The molecule has 0 bridgehead atoms. The van der Waals surface area contributed by atoms with Gasteiger partial charge in [-0.3, -0.25) is 9.52 Å². The maximum atomic E-state index is 13.0. The number of amides is 1. The summed E-state index contributed by atoms with van der Waals surface area (Å²) in [5.41, 5.74) is 0.767. The number of aliphatic hydroxyl groups excluding tert-OH is 1. The van der Waals surface area contributed by atoms with E-state index < -0.39 is 34.1 Å². The molecule has 3 rings (SSSR count). The van der Waals surface area contributed by atoms with Crippen molar-refractivity contribution in [3.8, 4) is 11.5 Å². The summed E-state index contributed by atoms with van der Waals surface area (Å²) in [5, 5.41) is 12.7. The first-order valence-electron chi connectivity index (χ1n) is 10.6. The fourth-order valence-corrected chi connectivity index (χ4v) is 4.38. The average Bonchev–Trinajstić information content (AvgIpc) is 2.79. The smallest absolute Gasteiger partial charge is 0.492 e. The van der Waals surface area contributed by atoms with Crippen LogP contribution in [0.4, 0.5) is 24.5 Å². The van der Waals surface area contributed by atoms with Crippen LogP contribution in [0.2, 0.25) is 0 Å². The van der Waals surface area contributed by atoms with Gasteiger partial charge in [-0.1, -0.05) is 36.4 Å². The second kappa shape index (κ2) is 11.3. The van der Waals surface area contributed by atoms with E-state index >= 15 is 0 Å². The Morgan fingerprint density at radius 2 is 1.72 bits per heavy atom. The maximum Gasteiger partial charge on any atom is 0.573 e. The van der Waals surface area contributed by atoms with Crippen molar-refractivity contribution in [2.24, 2.45) is 0 Å². The van der Waals surface area contributed by atoms with Crippen LogP contribution in [-0.2, 0) is 21.2 Å². The van der Waals surface area contributed by atoms with Gasteiger partial charge >= 0.3 is 6.36 Å². The van der Waals surface area contributed by atoms with Crippen molar-refractivity contribution in [2.75, 3.05) is 16.6 Å². The van der Waals surface area contributed by atoms with Gasteiger partial charge in [0.15, 0.2) is 0 Å². The molecule has 0 spiro atoms. The van der Waals surface area contributed by atoms with Crippen molar-refractivity contribution in [3.63, 3.8) is 0 Å². The van der Waals surface area contributed by atoms with E-state index in [1.54, 1.807) is 31.2 Å². The van der Waals surface area contributed by atoms with Crippen LogP contribution >= 0.6 is 0 Å². The van der Waals surface area contributed by atoms with Crippen molar-refractivity contribution >= 4 is 27.3 Å². The molecular formula is C24H23F3N2O6S. The monoisotopic (exact) mass is 524 g/mol. The van der Waals surface area contributed by atoms with Gasteiger partial charge in [0.2, 0.25) is 0 Å². The molecule has 0 saturated carbocycles. The number of aliphatic hydroxyl groups is 1. The first-order chi connectivity index (χ1) is 17.0. The molecule has 0 radical (unpaired) electrons. The van der Waals surface area contributed by atoms with Crippen molar-refractivity contribution in [2.45, 2.75) is 30.7 Å². The molecule has 192 valence electrons. The highest BCUT2D eigenvalue weighted by atomic mass is 32.2. The van der Waals surface area contributed by atoms with Gasteiger partial charge < -0.3 is 19.9 Å². The summed E-state index contributed by atoms with van der Waals surface area (Å²) >= 11 is 0. The van der Waals surface area contributed by atoms with Crippen LogP contribution in [0.25, 0.3) is 0 Å². The summed E-state index contributed by atoms with van der Waals surface area (Å²) in [6.45, 7) is 1.71. The molecule has 0 fully saturated rings. The minimum Gasteiger partial charge on any atom is -0.492 e. The number of sulfonamides is 1. The highest BCUT2D eigenvalue weighted by molar-refractivity contribution is 7.92. The highest BCUT2D eigenvalue weighted by Gasteiger charge is 2.31. The summed E-state index contributed by atoms with van der Waals surface area (Å²) in [7, 11) is -4.30. The number of benzene rings is 3. The molecule has 0 saturated heterocycles. The van der Waals surface area contributed by atoms with E-state index in [1.165, 1.54) is 30.3 Å². The summed E-state index contributed by atoms with van der Waals surface area (Å²) in [6, 6.07) is 17.0. The average molecular weight is 525 g/mol. The number of rotatable bonds is 10. The molecule has 12 heteroatoms. The van der Waals surface area contributed by atoms with Gasteiger partial charge in [0, 0.05) is 24.2 Å². The van der Waals surface area contributed by atoms with E-state index in [0.29, 0.717) is 0 Å². The Kier molecular flexibility index (Phi) is 8.43. The third kappa shape index (κ3) is 7.62. The van der Waals surface area contributed by atoms with Crippen LogP contribution in [0.1, 0.15) is 12.5 Å². The van der Waals surface area contributed by atoms with E-state index in [4.69, 9.17) is 4.74 Å². The molecule has 8 nitrogen and oxygen atoms in total. The summed E-state index contributed by atoms with van der Waals surface area (Å²) < 4.78 is 74.8. The minimum absolute atomic E-state index is 0.0818. The zero-order valence-corrected chi connectivity index (χ0v) is 19.8. The topological polar surface area (TPSA) is 114 Å². The molecule has 0 aromatic heterocycles. The van der Waals surface area contributed by atoms with Crippen molar-refractivity contribution < 1.29 is 41.0 Å². The summed E-state index contributed by atoms with van der Waals surface area (Å²) in [5.74, 6) is -1.40. The van der Waals surface area contributed by atoms with Gasteiger partial charge in [-0.25, -0.2) is 8.42 Å². The normalized spacial score (nSPS) is 12.5. The molecule has 3 N–H and O–H groups in total. The minimum atomic E-state index is -4.94. The zero-order chi connectivity index (χ0) is 26.3. The van der Waals surface area contributed by atoms with Crippen molar-refractivity contribution in [1.29, 1.82) is 0 Å². The fraction of sp³-hybridized carbons (Fsp3) is 0.208. The van der Waals surface area contributed by atoms with Gasteiger partial charge in [0.25, 0.3) is 15.9 Å². The van der Waals surface area contributed by atoms with Crippen LogP contribution in [0.3, 0.4) is 0 Å². The Morgan fingerprint density at radius 3 is 2.39 bits per heavy atom. The third-order valence-electron chi connectivity index (χ3n) is 4.69. The fourth-order valence-electron chi connectivity index (χ4n) is 3.20. The summed E-state index contributed by atoms with van der Waals surface area (Å²) in [4.78, 5) is 12.1. The first kappa shape index (κ1) is 26.8. The SMILES string of the molecule is CCOc1cc(NC(=O)[C@@H](O)Cc2ccccc2)ccc1S(=O)(=O)Nc1cccc(OC(F)(F)F)c1. The number of anilines is 2. The lowest BCUT2D eigenvalue weighted by Gasteiger charge is -2.16. The Hall–Kier alpha value is -3.77. The number of hydrogen-bond donors (Lipinski definition) is 3. The standard InChI is InChI=1S/C24H23F3N2O6S/c1-2-34-21-15-17(28-23(31)20(30)13-16-7-4-3-5-8-16)11-12-22(21)36(32,33)29-18-9-6-10-19(14-18)35-24(25,26)27/h3-12,14-15,20,29-30H,2,13H2,1H3,(H,28,31)/t20-/m0/s1. The van der Waals surface area contributed by atoms with E-state index in [2.05, 4.69) is 14.8 Å².